The van der Waals surface area contributed by atoms with Crippen LogP contribution in [0.1, 0.15) is 11.5 Å². The second kappa shape index (κ2) is 6.69. The zero-order chi connectivity index (χ0) is 14.8. The molecule has 22 heavy (non-hydrogen) atoms. The van der Waals surface area contributed by atoms with Gasteiger partial charge in [0.05, 0.1) is 11.0 Å². The van der Waals surface area contributed by atoms with Crippen molar-refractivity contribution < 1.29 is 37.9 Å². The molecule has 0 aliphatic carbocycles. The number of halogens is 1. The predicted molar refractivity (Wildman–Crippen MR) is 79.4 cm³/mol. The highest BCUT2D eigenvalue weighted by atomic mass is 127. The molecule has 1 heterocycles. The quantitative estimate of drug-likeness (QED) is 0.272. The molecule has 6 heteroatoms. The summed E-state index contributed by atoms with van der Waals surface area (Å²) in [5.74, 6) is 0.683. The van der Waals surface area contributed by atoms with Gasteiger partial charge < -0.3 is 28.4 Å². The molecule has 0 unspecified atom stereocenters. The predicted octanol–water partition coefficient (Wildman–Crippen LogP) is 0.340. The lowest BCUT2D eigenvalue weighted by Gasteiger charge is -1.93. The summed E-state index contributed by atoms with van der Waals surface area (Å²) in [4.78, 5) is 10.4. The van der Waals surface area contributed by atoms with Crippen LogP contribution in [0.25, 0.3) is 23.3 Å². The number of aryl methyl sites for hydroxylation is 1. The molecule has 0 fully saturated rings. The van der Waals surface area contributed by atoms with Crippen molar-refractivity contribution in [1.82, 2.24) is 0 Å². The number of nitro benzene ring substituents is 1. The first kappa shape index (κ1) is 16.2. The van der Waals surface area contributed by atoms with Crippen LogP contribution in [0.15, 0.2) is 52.9 Å². The summed E-state index contributed by atoms with van der Waals surface area (Å²) in [6, 6.07) is 14.2. The second-order valence-corrected chi connectivity index (χ2v) is 4.65. The molecule has 3 rings (SSSR count). The maximum Gasteiger partial charge on any atom is 0.373 e. The van der Waals surface area contributed by atoms with Crippen LogP contribution in [-0.4, -0.2) is 4.92 Å². The number of hydrogen-bond donors (Lipinski definition) is 0. The number of fused-ring (bicyclic) bond motifs is 1. The number of rotatable bonds is 3. The summed E-state index contributed by atoms with van der Waals surface area (Å²) in [6.45, 7) is 0. The highest BCUT2D eigenvalue weighted by Gasteiger charge is 2.15. The fourth-order valence-corrected chi connectivity index (χ4v) is 2.18. The lowest BCUT2D eigenvalue weighted by Crippen LogP contribution is -3.00. The number of non-ortho nitro benzene ring substituents is 1. The van der Waals surface area contributed by atoms with E-state index in [1.165, 1.54) is 12.1 Å². The van der Waals surface area contributed by atoms with Gasteiger partial charge in [0.1, 0.15) is 7.05 Å². The molecule has 1 aromatic heterocycles. The maximum absolute atomic E-state index is 10.8. The van der Waals surface area contributed by atoms with E-state index >= 15 is 0 Å². The molecule has 0 aliphatic heterocycles. The van der Waals surface area contributed by atoms with Crippen molar-refractivity contribution >= 4 is 28.9 Å². The van der Waals surface area contributed by atoms with Crippen molar-refractivity contribution in [1.29, 1.82) is 0 Å². The van der Waals surface area contributed by atoms with Gasteiger partial charge in [0.25, 0.3) is 11.2 Å². The van der Waals surface area contributed by atoms with Crippen LogP contribution in [0.5, 0.6) is 0 Å². The standard InChI is InChI=1S/C16H13N2O3.HI/c1-17-14-7-2-3-8-15(14)21-16(17)10-9-12-5-4-6-13(11-12)18(19)20;/h2-11H,1H3;1H/q+1;/p-1. The summed E-state index contributed by atoms with van der Waals surface area (Å²) in [7, 11) is 1.92. The van der Waals surface area contributed by atoms with E-state index in [-0.39, 0.29) is 29.7 Å². The van der Waals surface area contributed by atoms with Gasteiger partial charge in [-0.25, -0.2) is 0 Å². The zero-order valence-corrected chi connectivity index (χ0v) is 13.9. The van der Waals surface area contributed by atoms with Gasteiger partial charge >= 0.3 is 5.89 Å². The molecule has 5 nitrogen and oxygen atoms in total. The number of nitrogens with zero attached hydrogens (tertiary/aromatic N) is 2. The summed E-state index contributed by atoms with van der Waals surface area (Å²) >= 11 is 0. The van der Waals surface area contributed by atoms with Crippen molar-refractivity contribution in [2.75, 3.05) is 0 Å². The molecule has 0 N–H and O–H groups in total. The first-order valence-corrected chi connectivity index (χ1v) is 6.45. The van der Waals surface area contributed by atoms with Gasteiger partial charge in [-0.1, -0.05) is 24.3 Å². The Bertz CT molecular complexity index is 855. The van der Waals surface area contributed by atoms with E-state index in [0.717, 1.165) is 16.7 Å². The van der Waals surface area contributed by atoms with Crippen molar-refractivity contribution in [2.45, 2.75) is 0 Å². The Hall–Kier alpha value is -2.22. The summed E-state index contributed by atoms with van der Waals surface area (Å²) < 4.78 is 7.67. The largest absolute Gasteiger partial charge is 1.00 e. The molecule has 2 aromatic carbocycles. The third-order valence-electron chi connectivity index (χ3n) is 3.27. The van der Waals surface area contributed by atoms with E-state index in [1.807, 2.05) is 41.9 Å². The van der Waals surface area contributed by atoms with Crippen molar-refractivity contribution in [3.63, 3.8) is 0 Å². The molecule has 0 radical (unpaired) electrons. The fraction of sp³-hybridized carbons (Fsp3) is 0.0625. The minimum absolute atomic E-state index is 0. The Morgan fingerprint density at radius 1 is 1.14 bits per heavy atom. The Kier molecular flexibility index (Phi) is 4.92. The van der Waals surface area contributed by atoms with Crippen LogP contribution in [0, 0.1) is 10.1 Å². The molecule has 0 saturated carbocycles. The lowest BCUT2D eigenvalue weighted by molar-refractivity contribution is -0.651. The summed E-state index contributed by atoms with van der Waals surface area (Å²) in [5, 5.41) is 10.8. The van der Waals surface area contributed by atoms with Gasteiger partial charge in [0, 0.05) is 18.2 Å². The zero-order valence-electron chi connectivity index (χ0n) is 11.8. The SMILES string of the molecule is C[n+]1c(C=Cc2cccc([N+](=O)[O-])c2)oc2ccccc21.[I-]. The van der Waals surface area contributed by atoms with Crippen LogP contribution < -0.4 is 28.5 Å². The number of nitro groups is 1. The number of oxazole rings is 1. The molecule has 0 amide bonds. The highest BCUT2D eigenvalue weighted by molar-refractivity contribution is 5.72. The van der Waals surface area contributed by atoms with Crippen LogP contribution in [0.4, 0.5) is 5.69 Å². The van der Waals surface area contributed by atoms with E-state index in [2.05, 4.69) is 0 Å². The lowest BCUT2D eigenvalue weighted by atomic mass is 10.2. The van der Waals surface area contributed by atoms with Crippen molar-refractivity contribution in [2.24, 2.45) is 7.05 Å². The topological polar surface area (TPSA) is 60.2 Å². The monoisotopic (exact) mass is 408 g/mol. The first-order chi connectivity index (χ1) is 10.1. The number of benzene rings is 2. The molecule has 112 valence electrons. The Morgan fingerprint density at radius 2 is 1.91 bits per heavy atom. The number of para-hydroxylation sites is 2. The van der Waals surface area contributed by atoms with Gasteiger partial charge in [-0.3, -0.25) is 10.1 Å². The highest BCUT2D eigenvalue weighted by Crippen LogP contribution is 2.17. The van der Waals surface area contributed by atoms with Crippen LogP contribution in [-0.2, 0) is 7.05 Å². The minimum Gasteiger partial charge on any atom is -1.00 e. The van der Waals surface area contributed by atoms with Gasteiger partial charge in [-0.2, -0.15) is 4.57 Å². The van der Waals surface area contributed by atoms with Gasteiger partial charge in [0.2, 0.25) is 5.58 Å². The molecule has 0 atom stereocenters. The molecular formula is C16H13IN2O3. The maximum atomic E-state index is 10.8. The van der Waals surface area contributed by atoms with Crippen molar-refractivity contribution in [3.8, 4) is 0 Å². The van der Waals surface area contributed by atoms with Crippen LogP contribution >= 0.6 is 0 Å². The van der Waals surface area contributed by atoms with Crippen molar-refractivity contribution in [3.05, 3.63) is 70.1 Å². The van der Waals surface area contributed by atoms with E-state index in [9.17, 15) is 10.1 Å². The third-order valence-corrected chi connectivity index (χ3v) is 3.27. The summed E-state index contributed by atoms with van der Waals surface area (Å²) in [5.41, 5.74) is 2.63. The Morgan fingerprint density at radius 3 is 2.64 bits per heavy atom. The fourth-order valence-electron chi connectivity index (χ4n) is 2.18. The second-order valence-electron chi connectivity index (χ2n) is 4.65. The van der Waals surface area contributed by atoms with E-state index in [4.69, 9.17) is 4.42 Å². The normalized spacial score (nSPS) is 10.8. The number of aromatic nitrogens is 1. The third kappa shape index (κ3) is 3.16. The van der Waals surface area contributed by atoms with E-state index < -0.39 is 4.92 Å². The smallest absolute Gasteiger partial charge is 0.373 e. The molecule has 0 saturated heterocycles. The molecule has 0 bridgehead atoms. The van der Waals surface area contributed by atoms with Crippen LogP contribution in [0.3, 0.4) is 0 Å². The van der Waals surface area contributed by atoms with E-state index in [0.29, 0.717) is 5.89 Å². The molecule has 0 spiro atoms. The summed E-state index contributed by atoms with van der Waals surface area (Å²) in [6.07, 6.45) is 3.60. The van der Waals surface area contributed by atoms with Gasteiger partial charge in [-0.05, 0) is 17.7 Å². The Labute approximate surface area is 144 Å². The number of hydrogen-bond acceptors (Lipinski definition) is 3. The van der Waals surface area contributed by atoms with Gasteiger partial charge in [0.15, 0.2) is 0 Å². The van der Waals surface area contributed by atoms with Crippen LogP contribution in [0.2, 0.25) is 0 Å². The first-order valence-electron chi connectivity index (χ1n) is 6.45. The van der Waals surface area contributed by atoms with Gasteiger partial charge in [-0.15, -0.1) is 0 Å². The Balaban J connectivity index is 0.00000176. The average Bonchev–Trinajstić information content (AvgIpc) is 2.82. The van der Waals surface area contributed by atoms with E-state index in [1.54, 1.807) is 18.2 Å². The minimum atomic E-state index is -0.404. The molecule has 0 aliphatic rings. The molecule has 3 aromatic rings. The average molecular weight is 408 g/mol. The molecular weight excluding hydrogens is 395 g/mol.